The molecule has 0 aromatic heterocycles. The molecule has 0 aliphatic heterocycles. The van der Waals surface area contributed by atoms with Crippen LogP contribution in [0.2, 0.25) is 0 Å². The number of rotatable bonds is 12. The summed E-state index contributed by atoms with van der Waals surface area (Å²) in [7, 11) is -3.91. The highest BCUT2D eigenvalue weighted by molar-refractivity contribution is 7.92. The molecular weight excluding hydrogens is 514 g/mol. The minimum Gasteiger partial charge on any atom is -0.355 e. The van der Waals surface area contributed by atoms with Crippen molar-refractivity contribution in [2.75, 3.05) is 23.7 Å². The highest BCUT2D eigenvalue weighted by Gasteiger charge is 2.33. The van der Waals surface area contributed by atoms with E-state index in [9.17, 15) is 22.8 Å². The molecule has 3 rings (SSSR count). The Hall–Kier alpha value is -3.98. The minimum atomic E-state index is -3.91. The summed E-state index contributed by atoms with van der Waals surface area (Å²) in [6.45, 7) is 5.08. The molecule has 0 heterocycles. The van der Waals surface area contributed by atoms with Gasteiger partial charge < -0.3 is 10.2 Å². The summed E-state index contributed by atoms with van der Waals surface area (Å²) in [5.74, 6) is -1.09. The molecule has 3 aromatic carbocycles. The first kappa shape index (κ1) is 29.6. The predicted molar refractivity (Wildman–Crippen MR) is 153 cm³/mol. The number of hydrogen-bond acceptors (Lipinski definition) is 5. The maximum atomic E-state index is 14.0. The molecule has 8 nitrogen and oxygen atoms in total. The molecule has 0 radical (unpaired) electrons. The number of benzene rings is 3. The van der Waals surface area contributed by atoms with Crippen LogP contribution in [0, 0.1) is 6.92 Å². The fourth-order valence-electron chi connectivity index (χ4n) is 4.31. The Balaban J connectivity index is 2.07. The van der Waals surface area contributed by atoms with Crippen LogP contribution in [-0.4, -0.2) is 56.3 Å². The van der Waals surface area contributed by atoms with Crippen molar-refractivity contribution in [2.45, 2.75) is 39.8 Å². The lowest BCUT2D eigenvalue weighted by Gasteiger charge is -2.33. The normalized spacial score (nSPS) is 11.9. The number of sulfonamides is 1. The van der Waals surface area contributed by atoms with E-state index in [2.05, 4.69) is 5.32 Å². The van der Waals surface area contributed by atoms with E-state index in [0.717, 1.165) is 27.3 Å². The van der Waals surface area contributed by atoms with Gasteiger partial charge in [0.05, 0.1) is 11.9 Å². The number of Topliss-reactive ketones (excluding diaryl/α,β-unsaturated/α-hetero) is 1. The number of anilines is 1. The molecule has 9 heteroatoms. The molecule has 0 unspecified atom stereocenters. The van der Waals surface area contributed by atoms with Crippen molar-refractivity contribution < 1.29 is 22.8 Å². The first-order valence-electron chi connectivity index (χ1n) is 12.8. The SMILES string of the molecule is CCNC(=O)[C@H](Cc1ccccc1)N(Cc1ccccc1C)C(=O)CN(c1cccc(C(C)=O)c1)S(C)(=O)=O. The Morgan fingerprint density at radius 1 is 0.923 bits per heavy atom. The van der Waals surface area contributed by atoms with Crippen LogP contribution in [0.4, 0.5) is 5.69 Å². The van der Waals surface area contributed by atoms with Gasteiger partial charge in [-0.25, -0.2) is 8.42 Å². The molecule has 39 heavy (non-hydrogen) atoms. The molecule has 1 atom stereocenters. The third-order valence-electron chi connectivity index (χ3n) is 6.44. The summed E-state index contributed by atoms with van der Waals surface area (Å²) >= 11 is 0. The lowest BCUT2D eigenvalue weighted by Crippen LogP contribution is -2.53. The van der Waals surface area contributed by atoms with E-state index in [4.69, 9.17) is 0 Å². The van der Waals surface area contributed by atoms with Gasteiger partial charge in [0.2, 0.25) is 21.8 Å². The van der Waals surface area contributed by atoms with Crippen LogP contribution in [0.5, 0.6) is 0 Å². The highest BCUT2D eigenvalue weighted by atomic mass is 32.2. The molecule has 0 spiro atoms. The summed E-state index contributed by atoms with van der Waals surface area (Å²) in [4.78, 5) is 40.8. The van der Waals surface area contributed by atoms with Gasteiger partial charge in [0.15, 0.2) is 5.78 Å². The fraction of sp³-hybridized carbons (Fsp3) is 0.300. The second-order valence-corrected chi connectivity index (χ2v) is 11.3. The maximum Gasteiger partial charge on any atom is 0.244 e. The van der Waals surface area contributed by atoms with Crippen LogP contribution in [0.3, 0.4) is 0 Å². The molecule has 3 aromatic rings. The first-order chi connectivity index (χ1) is 18.5. The average Bonchev–Trinajstić information content (AvgIpc) is 2.90. The van der Waals surface area contributed by atoms with E-state index in [1.54, 1.807) is 19.1 Å². The zero-order valence-corrected chi connectivity index (χ0v) is 23.6. The second-order valence-electron chi connectivity index (χ2n) is 9.42. The zero-order valence-electron chi connectivity index (χ0n) is 22.8. The van der Waals surface area contributed by atoms with Gasteiger partial charge in [-0.2, -0.15) is 0 Å². The van der Waals surface area contributed by atoms with E-state index in [1.807, 2.05) is 61.5 Å². The van der Waals surface area contributed by atoms with Crippen molar-refractivity contribution in [1.29, 1.82) is 0 Å². The monoisotopic (exact) mass is 549 g/mol. The van der Waals surface area contributed by atoms with E-state index in [0.29, 0.717) is 12.1 Å². The van der Waals surface area contributed by atoms with Crippen LogP contribution in [0.15, 0.2) is 78.9 Å². The smallest absolute Gasteiger partial charge is 0.244 e. The van der Waals surface area contributed by atoms with Gasteiger partial charge in [0.25, 0.3) is 0 Å². The van der Waals surface area contributed by atoms with Crippen molar-refractivity contribution in [3.63, 3.8) is 0 Å². The van der Waals surface area contributed by atoms with Crippen molar-refractivity contribution in [3.05, 3.63) is 101 Å². The van der Waals surface area contributed by atoms with Crippen LogP contribution in [0.25, 0.3) is 0 Å². The van der Waals surface area contributed by atoms with Gasteiger partial charge in [-0.15, -0.1) is 0 Å². The quantitative estimate of drug-likeness (QED) is 0.347. The number of carbonyl (C=O) groups is 3. The van der Waals surface area contributed by atoms with Crippen LogP contribution < -0.4 is 9.62 Å². The van der Waals surface area contributed by atoms with Gasteiger partial charge in [-0.3, -0.25) is 18.7 Å². The Morgan fingerprint density at radius 3 is 2.21 bits per heavy atom. The topological polar surface area (TPSA) is 104 Å². The number of hydrogen-bond donors (Lipinski definition) is 1. The number of nitrogens with zero attached hydrogens (tertiary/aromatic N) is 2. The molecule has 0 aliphatic carbocycles. The minimum absolute atomic E-state index is 0.116. The number of likely N-dealkylation sites (N-methyl/N-ethyl adjacent to an activating group) is 1. The number of nitrogens with one attached hydrogen (secondary N) is 1. The summed E-state index contributed by atoms with van der Waals surface area (Å²) in [6.07, 6.45) is 1.26. The van der Waals surface area contributed by atoms with Crippen molar-refractivity contribution >= 4 is 33.3 Å². The van der Waals surface area contributed by atoms with Gasteiger partial charge in [0.1, 0.15) is 12.6 Å². The largest absolute Gasteiger partial charge is 0.355 e. The molecule has 0 saturated carbocycles. The Morgan fingerprint density at radius 2 is 1.59 bits per heavy atom. The molecule has 0 aliphatic rings. The Labute approximate surface area is 230 Å². The zero-order chi connectivity index (χ0) is 28.6. The van der Waals surface area contributed by atoms with Crippen LogP contribution >= 0.6 is 0 Å². The second kappa shape index (κ2) is 13.2. The Kier molecular flexibility index (Phi) is 10.0. The molecule has 0 saturated heterocycles. The number of carbonyl (C=O) groups excluding carboxylic acids is 3. The summed E-state index contributed by atoms with van der Waals surface area (Å²) in [5, 5.41) is 2.83. The first-order valence-corrected chi connectivity index (χ1v) is 14.6. The van der Waals surface area contributed by atoms with Crippen molar-refractivity contribution in [1.82, 2.24) is 10.2 Å². The van der Waals surface area contributed by atoms with Gasteiger partial charge in [-0.1, -0.05) is 66.7 Å². The molecule has 0 fully saturated rings. The average molecular weight is 550 g/mol. The van der Waals surface area contributed by atoms with Crippen LogP contribution in [-0.2, 0) is 32.6 Å². The molecule has 206 valence electrons. The summed E-state index contributed by atoms with van der Waals surface area (Å²) in [6, 6.07) is 22.2. The third-order valence-corrected chi connectivity index (χ3v) is 7.58. The number of amides is 2. The van der Waals surface area contributed by atoms with Crippen molar-refractivity contribution in [2.24, 2.45) is 0 Å². The fourth-order valence-corrected chi connectivity index (χ4v) is 5.15. The number of ketones is 1. The van der Waals surface area contributed by atoms with E-state index >= 15 is 0 Å². The van der Waals surface area contributed by atoms with E-state index in [1.165, 1.54) is 24.0 Å². The van der Waals surface area contributed by atoms with Gasteiger partial charge in [-0.05, 0) is 49.6 Å². The number of aryl methyl sites for hydroxylation is 1. The Bertz CT molecular complexity index is 1420. The van der Waals surface area contributed by atoms with E-state index in [-0.39, 0.29) is 30.3 Å². The third kappa shape index (κ3) is 8.00. The van der Waals surface area contributed by atoms with E-state index < -0.39 is 28.5 Å². The lowest BCUT2D eigenvalue weighted by atomic mass is 10.0. The summed E-state index contributed by atoms with van der Waals surface area (Å²) < 4.78 is 26.7. The van der Waals surface area contributed by atoms with Crippen molar-refractivity contribution in [3.8, 4) is 0 Å². The summed E-state index contributed by atoms with van der Waals surface area (Å²) in [5.41, 5.74) is 3.18. The highest BCUT2D eigenvalue weighted by Crippen LogP contribution is 2.22. The van der Waals surface area contributed by atoms with Gasteiger partial charge in [0, 0.05) is 25.1 Å². The standard InChI is InChI=1S/C30H35N3O5S/c1-5-31-30(36)28(18-24-13-7-6-8-14-24)32(20-26-15-10-9-12-22(26)2)29(35)21-33(39(4,37)38)27-17-11-16-25(19-27)23(3)34/h6-17,19,28H,5,18,20-21H2,1-4H3,(H,31,36)/t28-/m0/s1. The molecule has 2 amide bonds. The maximum absolute atomic E-state index is 14.0. The predicted octanol–water partition coefficient (Wildman–Crippen LogP) is 3.74. The lowest BCUT2D eigenvalue weighted by molar-refractivity contribution is -0.140. The van der Waals surface area contributed by atoms with Crippen LogP contribution in [0.1, 0.15) is 40.9 Å². The molecule has 0 bridgehead atoms. The molecule has 1 N–H and O–H groups in total. The molecular formula is C30H35N3O5S. The van der Waals surface area contributed by atoms with Gasteiger partial charge >= 0.3 is 0 Å².